The van der Waals surface area contributed by atoms with Crippen molar-refractivity contribution >= 4 is 52.3 Å². The van der Waals surface area contributed by atoms with Crippen molar-refractivity contribution < 1.29 is 44.1 Å². The zero-order valence-electron chi connectivity index (χ0n) is 41.5. The SMILES string of the molecule is [2H]c1c([2H])c([2H])c(-c2cccc(-c3c([2H])c([2H])c([2H])c([2H])c3[2H])c2-[n+]2[c-]n(-c3[c-]c(Oc4[c-]c(B5c6ccccc6N6C=CC=CB6c6cccnc65)ccc4)ccc3)c3ccccc32)c([2H])c1[2H].[Pt]. The van der Waals surface area contributed by atoms with Gasteiger partial charge >= 0.3 is 6.85 Å². The summed E-state index contributed by atoms with van der Waals surface area (Å²) >= 11 is 0. The Hall–Kier alpha value is -6.94. The molecule has 0 atom stereocenters. The van der Waals surface area contributed by atoms with E-state index in [4.69, 9.17) is 23.4 Å². The zero-order chi connectivity index (χ0) is 47.8. The van der Waals surface area contributed by atoms with E-state index < -0.39 is 60.4 Å². The van der Waals surface area contributed by atoms with Gasteiger partial charge in [-0.1, -0.05) is 139 Å². The van der Waals surface area contributed by atoms with Gasteiger partial charge in [-0.2, -0.15) is 29.7 Å². The average molecular weight is 958 g/mol. The molecule has 0 aliphatic carbocycles. The summed E-state index contributed by atoms with van der Waals surface area (Å²) in [5.41, 5.74) is 6.84. The van der Waals surface area contributed by atoms with Crippen LogP contribution in [0.4, 0.5) is 5.69 Å². The van der Waals surface area contributed by atoms with Gasteiger partial charge < -0.3 is 14.1 Å². The molecule has 0 amide bonds. The first-order valence-electron chi connectivity index (χ1n) is 24.1. The van der Waals surface area contributed by atoms with E-state index in [1.165, 1.54) is 0 Å². The molecule has 0 saturated carbocycles. The molecule has 0 saturated heterocycles. The van der Waals surface area contributed by atoms with Crippen molar-refractivity contribution in [3.63, 3.8) is 0 Å². The van der Waals surface area contributed by atoms with Gasteiger partial charge in [-0.25, -0.2) is 0 Å². The average Bonchev–Trinajstić information content (AvgIpc) is 3.71. The summed E-state index contributed by atoms with van der Waals surface area (Å²) in [5, 5.41) is 0. The van der Waals surface area contributed by atoms with Crippen molar-refractivity contribution in [2.24, 2.45) is 0 Å². The van der Waals surface area contributed by atoms with Gasteiger partial charge in [0, 0.05) is 50.0 Å². The van der Waals surface area contributed by atoms with Gasteiger partial charge in [-0.05, 0) is 63.3 Å². The molecule has 0 bridgehead atoms. The van der Waals surface area contributed by atoms with Crippen LogP contribution in [0, 0.1) is 18.5 Å². The Bertz CT molecular complexity index is 3480. The summed E-state index contributed by atoms with van der Waals surface area (Å²) in [7, 11) is 0. The number of hydrogen-bond donors (Lipinski definition) is 0. The molecule has 11 rings (SSSR count). The maximum absolute atomic E-state index is 9.00. The van der Waals surface area contributed by atoms with Gasteiger partial charge in [0.05, 0.1) is 30.4 Å². The van der Waals surface area contributed by atoms with Crippen molar-refractivity contribution in [1.29, 1.82) is 0 Å². The van der Waals surface area contributed by atoms with E-state index in [9.17, 15) is 0 Å². The molecule has 0 radical (unpaired) electrons. The standard InChI is InChI=1S/C52H34B2N4O.Pt/c1-3-17-38(18-4-1)44-25-15-26-45(39-19-5-2-6-20-39)51(44)57-37-56(49-30-9-10-31-50(49)57)41-22-14-24-43(36-41)59-42-23-13-21-40(35-42)54-46-27-7-8-29-48(46)58-34-12-11-32-53(58)47-28-16-33-55-52(47)54;/h1-34H;/q-2;/i1D,2D,3D,4D,5D,6D,17D,18D,19D,20D;. The van der Waals surface area contributed by atoms with Crippen LogP contribution < -0.4 is 36.1 Å². The molecule has 8 heteroatoms. The van der Waals surface area contributed by atoms with Crippen LogP contribution >= 0.6 is 0 Å². The summed E-state index contributed by atoms with van der Waals surface area (Å²) in [4.78, 5) is 7.24. The number of nitrogens with zero attached hydrogens (tertiary/aromatic N) is 4. The van der Waals surface area contributed by atoms with E-state index in [0.29, 0.717) is 28.2 Å². The van der Waals surface area contributed by atoms with Gasteiger partial charge in [-0.3, -0.25) is 9.55 Å². The van der Waals surface area contributed by atoms with E-state index in [1.807, 2.05) is 79.0 Å². The molecule has 0 spiro atoms. The topological polar surface area (TPSA) is 34.2 Å². The van der Waals surface area contributed by atoms with Crippen molar-refractivity contribution in [2.45, 2.75) is 0 Å². The summed E-state index contributed by atoms with van der Waals surface area (Å²) in [6.45, 7) is -0.305. The van der Waals surface area contributed by atoms with Crippen LogP contribution in [0.25, 0.3) is 44.7 Å². The Kier molecular flexibility index (Phi) is 7.39. The van der Waals surface area contributed by atoms with E-state index in [0.717, 1.165) is 27.7 Å². The van der Waals surface area contributed by atoms with Crippen LogP contribution in [-0.4, -0.2) is 23.1 Å². The molecule has 7 aromatic carbocycles. The van der Waals surface area contributed by atoms with Crippen LogP contribution in [0.3, 0.4) is 0 Å². The molecule has 0 fully saturated rings. The number of benzene rings is 7. The number of hydrogen-bond acceptors (Lipinski definition) is 3. The number of fused-ring (bicyclic) bond motifs is 6. The first kappa shape index (κ1) is 27.7. The predicted molar refractivity (Wildman–Crippen MR) is 240 cm³/mol. The van der Waals surface area contributed by atoms with Gasteiger partial charge in [0.2, 0.25) is 6.71 Å². The van der Waals surface area contributed by atoms with E-state index in [2.05, 4.69) is 59.7 Å². The van der Waals surface area contributed by atoms with Gasteiger partial charge in [0.1, 0.15) is 0 Å². The third kappa shape index (κ3) is 6.62. The Morgan fingerprint density at radius 1 is 0.650 bits per heavy atom. The van der Waals surface area contributed by atoms with Crippen LogP contribution in [0.5, 0.6) is 11.5 Å². The summed E-state index contributed by atoms with van der Waals surface area (Å²) in [6.07, 6.45) is 11.4. The number of aromatic nitrogens is 3. The number of ether oxygens (including phenoxy) is 1. The third-order valence-corrected chi connectivity index (χ3v) is 10.6. The van der Waals surface area contributed by atoms with E-state index in [1.54, 1.807) is 39.5 Å². The van der Waals surface area contributed by atoms with Gasteiger partial charge in [0.15, 0.2) is 0 Å². The summed E-state index contributed by atoms with van der Waals surface area (Å²) in [6, 6.07) is 37.4. The summed E-state index contributed by atoms with van der Waals surface area (Å²) in [5.74, 6) is 2.99. The minimum atomic E-state index is -0.571. The number of pyridine rings is 1. The fourth-order valence-corrected chi connectivity index (χ4v) is 8.13. The van der Waals surface area contributed by atoms with Crippen molar-refractivity contribution in [1.82, 2.24) is 9.55 Å². The largest absolute Gasteiger partial charge is 0.510 e. The minimum absolute atomic E-state index is 0. The molecule has 5 nitrogen and oxygen atoms in total. The summed E-state index contributed by atoms with van der Waals surface area (Å²) < 4.78 is 96.7. The normalized spacial score (nSPS) is 15.0. The molecule has 60 heavy (non-hydrogen) atoms. The molecule has 286 valence electrons. The number of imidazole rings is 1. The molecule has 2 aliphatic rings. The van der Waals surface area contributed by atoms with Gasteiger partial charge in [-0.15, -0.1) is 24.3 Å². The first-order chi connectivity index (χ1) is 33.4. The van der Waals surface area contributed by atoms with E-state index >= 15 is 0 Å². The van der Waals surface area contributed by atoms with Crippen LogP contribution in [0.1, 0.15) is 13.7 Å². The minimum Gasteiger partial charge on any atom is -0.510 e. The van der Waals surface area contributed by atoms with Crippen LogP contribution in [-0.2, 0) is 21.1 Å². The molecule has 2 aliphatic heterocycles. The van der Waals surface area contributed by atoms with Crippen molar-refractivity contribution in [3.05, 3.63) is 225 Å². The molecule has 0 unspecified atom stereocenters. The maximum Gasteiger partial charge on any atom is 0.321 e. The molecular weight excluding hydrogens is 913 g/mol. The Morgan fingerprint density at radius 3 is 2.13 bits per heavy atom. The number of anilines is 1. The molecule has 2 aromatic heterocycles. The maximum atomic E-state index is 9.00. The Balaban J connectivity index is 0.00000567. The quantitative estimate of drug-likeness (QED) is 0.0925. The number of allylic oxidation sites excluding steroid dienone is 2. The van der Waals surface area contributed by atoms with E-state index in [-0.39, 0.29) is 62.6 Å². The van der Waals surface area contributed by atoms with Crippen molar-refractivity contribution in [3.8, 4) is 45.1 Å². The fraction of sp³-hybridized carbons (Fsp3) is 0. The van der Waals surface area contributed by atoms with Crippen LogP contribution in [0.2, 0.25) is 0 Å². The number of para-hydroxylation sites is 4. The van der Waals surface area contributed by atoms with Crippen molar-refractivity contribution in [2.75, 3.05) is 4.81 Å². The second kappa shape index (κ2) is 16.0. The second-order valence-electron chi connectivity index (χ2n) is 14.0. The monoisotopic (exact) mass is 957 g/mol. The third-order valence-electron chi connectivity index (χ3n) is 10.6. The zero-order valence-corrected chi connectivity index (χ0v) is 33.8. The molecular formula is C52H34B2N4OPt-2. The Morgan fingerprint density at radius 2 is 1.33 bits per heavy atom. The molecule has 9 aromatic rings. The van der Waals surface area contributed by atoms with Gasteiger partial charge in [0.25, 0.3) is 6.33 Å². The molecule has 4 heterocycles. The predicted octanol–water partition coefficient (Wildman–Crippen LogP) is 7.98. The fourth-order valence-electron chi connectivity index (χ4n) is 8.13. The number of rotatable bonds is 7. The van der Waals surface area contributed by atoms with Crippen LogP contribution in [0.15, 0.2) is 206 Å². The molecule has 0 N–H and O–H groups in total. The second-order valence-corrected chi connectivity index (χ2v) is 14.0. The Labute approximate surface area is 379 Å². The first-order valence-corrected chi connectivity index (χ1v) is 19.1. The smallest absolute Gasteiger partial charge is 0.321 e.